The zero-order valence-electron chi connectivity index (χ0n) is 6.43. The van der Waals surface area contributed by atoms with Gasteiger partial charge in [-0.25, -0.2) is 0 Å². The number of hydrogen-bond acceptors (Lipinski definition) is 4. The van der Waals surface area contributed by atoms with E-state index in [0.717, 1.165) is 6.26 Å². The van der Waals surface area contributed by atoms with Crippen LogP contribution in [0.2, 0.25) is 0 Å². The van der Waals surface area contributed by atoms with E-state index in [1.807, 2.05) is 0 Å². The largest absolute Gasteiger partial charge is 0.504 e. The maximum atomic E-state index is 10.5. The second kappa shape index (κ2) is 2.48. The number of para-hydroxylation sites is 1. The topological polar surface area (TPSA) is 76.5 Å². The molecule has 0 atom stereocenters. The lowest BCUT2D eigenvalue weighted by Gasteiger charge is -1.90. The first-order valence-corrected chi connectivity index (χ1v) is 3.53. The SMILES string of the molecule is O=[N+]([O-])c1cccc2c(O)coc12. The molecule has 0 unspecified atom stereocenters. The van der Waals surface area contributed by atoms with Crippen molar-refractivity contribution >= 4 is 16.7 Å². The predicted octanol–water partition coefficient (Wildman–Crippen LogP) is 2.05. The molecular weight excluding hydrogens is 174 g/mol. The molecule has 1 heterocycles. The molecule has 2 aromatic rings. The van der Waals surface area contributed by atoms with Crippen molar-refractivity contribution in [1.82, 2.24) is 0 Å². The minimum atomic E-state index is -0.550. The molecule has 0 aliphatic rings. The molecule has 5 heteroatoms. The van der Waals surface area contributed by atoms with Gasteiger partial charge in [0.05, 0.1) is 10.3 Å². The summed E-state index contributed by atoms with van der Waals surface area (Å²) < 4.78 is 4.85. The summed E-state index contributed by atoms with van der Waals surface area (Å²) in [6, 6.07) is 4.38. The number of hydrogen-bond donors (Lipinski definition) is 1. The second-order valence-corrected chi connectivity index (χ2v) is 2.53. The van der Waals surface area contributed by atoms with Crippen molar-refractivity contribution < 1.29 is 14.4 Å². The molecular formula is C8H5NO4. The molecule has 0 spiro atoms. The number of nitro groups is 1. The molecule has 1 N–H and O–H groups in total. The lowest BCUT2D eigenvalue weighted by atomic mass is 10.2. The standard InChI is InChI=1S/C8H5NO4/c10-7-4-13-8-5(7)2-1-3-6(8)9(11)12/h1-4,10H. The van der Waals surface area contributed by atoms with Gasteiger partial charge < -0.3 is 9.52 Å². The number of benzene rings is 1. The van der Waals surface area contributed by atoms with Crippen LogP contribution in [-0.4, -0.2) is 10.0 Å². The van der Waals surface area contributed by atoms with Crippen molar-refractivity contribution in [1.29, 1.82) is 0 Å². The van der Waals surface area contributed by atoms with Crippen LogP contribution in [0, 0.1) is 10.1 Å². The van der Waals surface area contributed by atoms with Gasteiger partial charge in [0.1, 0.15) is 6.26 Å². The van der Waals surface area contributed by atoms with Gasteiger partial charge in [-0.15, -0.1) is 0 Å². The average Bonchev–Trinajstić information content (AvgIpc) is 2.48. The van der Waals surface area contributed by atoms with Crippen molar-refractivity contribution in [2.75, 3.05) is 0 Å². The van der Waals surface area contributed by atoms with Crippen molar-refractivity contribution in [3.63, 3.8) is 0 Å². The first-order valence-electron chi connectivity index (χ1n) is 3.53. The highest BCUT2D eigenvalue weighted by atomic mass is 16.6. The summed E-state index contributed by atoms with van der Waals surface area (Å²) in [4.78, 5) is 9.94. The zero-order chi connectivity index (χ0) is 9.42. The summed E-state index contributed by atoms with van der Waals surface area (Å²) in [7, 11) is 0. The van der Waals surface area contributed by atoms with E-state index in [-0.39, 0.29) is 17.0 Å². The molecule has 0 saturated carbocycles. The number of non-ortho nitro benzene ring substituents is 1. The number of nitro benzene ring substituents is 1. The van der Waals surface area contributed by atoms with Crippen LogP contribution in [0.5, 0.6) is 5.75 Å². The summed E-state index contributed by atoms with van der Waals surface area (Å²) in [5.41, 5.74) is -0.0391. The molecule has 5 nitrogen and oxygen atoms in total. The van der Waals surface area contributed by atoms with E-state index in [9.17, 15) is 15.2 Å². The van der Waals surface area contributed by atoms with Crippen LogP contribution in [0.15, 0.2) is 28.9 Å². The fourth-order valence-electron chi connectivity index (χ4n) is 1.17. The number of rotatable bonds is 1. The monoisotopic (exact) mass is 179 g/mol. The summed E-state index contributed by atoms with van der Waals surface area (Å²) in [6.07, 6.45) is 1.08. The number of nitrogens with zero attached hydrogens (tertiary/aromatic N) is 1. The molecule has 0 aliphatic carbocycles. The molecule has 0 bridgehead atoms. The molecule has 2 rings (SSSR count). The first kappa shape index (κ1) is 7.60. The van der Waals surface area contributed by atoms with E-state index < -0.39 is 4.92 Å². The van der Waals surface area contributed by atoms with E-state index in [4.69, 9.17) is 4.42 Å². The van der Waals surface area contributed by atoms with Crippen LogP contribution < -0.4 is 0 Å². The third-order valence-corrected chi connectivity index (χ3v) is 1.76. The van der Waals surface area contributed by atoms with Gasteiger partial charge in [-0.2, -0.15) is 0 Å². The van der Waals surface area contributed by atoms with Gasteiger partial charge >= 0.3 is 5.69 Å². The smallest absolute Gasteiger partial charge is 0.312 e. The summed E-state index contributed by atoms with van der Waals surface area (Å²) in [5.74, 6) is -0.0845. The average molecular weight is 179 g/mol. The Balaban J connectivity index is 2.84. The van der Waals surface area contributed by atoms with Crippen molar-refractivity contribution in [2.45, 2.75) is 0 Å². The van der Waals surface area contributed by atoms with Crippen molar-refractivity contribution in [3.8, 4) is 5.75 Å². The fourth-order valence-corrected chi connectivity index (χ4v) is 1.17. The van der Waals surface area contributed by atoms with Gasteiger partial charge in [0.2, 0.25) is 5.58 Å². The van der Waals surface area contributed by atoms with Gasteiger partial charge in [-0.1, -0.05) is 6.07 Å². The molecule has 0 amide bonds. The lowest BCUT2D eigenvalue weighted by Crippen LogP contribution is -1.86. The molecule has 0 fully saturated rings. The molecule has 0 aliphatic heterocycles. The maximum Gasteiger partial charge on any atom is 0.312 e. The van der Waals surface area contributed by atoms with Crippen LogP contribution in [0.4, 0.5) is 5.69 Å². The van der Waals surface area contributed by atoms with E-state index in [2.05, 4.69) is 0 Å². The van der Waals surface area contributed by atoms with E-state index in [1.165, 1.54) is 12.1 Å². The van der Waals surface area contributed by atoms with Crippen molar-refractivity contribution in [3.05, 3.63) is 34.6 Å². The molecule has 66 valence electrons. The Morgan fingerprint density at radius 3 is 2.92 bits per heavy atom. The lowest BCUT2D eigenvalue weighted by molar-refractivity contribution is -0.383. The summed E-state index contributed by atoms with van der Waals surface area (Å²) >= 11 is 0. The van der Waals surface area contributed by atoms with E-state index in [1.54, 1.807) is 6.07 Å². The summed E-state index contributed by atoms with van der Waals surface area (Å²) in [6.45, 7) is 0. The van der Waals surface area contributed by atoms with Gasteiger partial charge in [0.25, 0.3) is 0 Å². The molecule has 1 aromatic carbocycles. The quantitative estimate of drug-likeness (QED) is 0.536. The maximum absolute atomic E-state index is 10.5. The zero-order valence-corrected chi connectivity index (χ0v) is 6.43. The molecule has 1 aromatic heterocycles. The fraction of sp³-hybridized carbons (Fsp3) is 0. The summed E-state index contributed by atoms with van der Waals surface area (Å²) in [5, 5.41) is 20.0. The highest BCUT2D eigenvalue weighted by Gasteiger charge is 2.16. The molecule has 13 heavy (non-hydrogen) atoms. The van der Waals surface area contributed by atoms with Crippen LogP contribution in [0.1, 0.15) is 0 Å². The number of furan rings is 1. The first-order chi connectivity index (χ1) is 6.20. The van der Waals surface area contributed by atoms with Gasteiger partial charge in [-0.05, 0) is 6.07 Å². The minimum Gasteiger partial charge on any atom is -0.504 e. The Morgan fingerprint density at radius 2 is 2.23 bits per heavy atom. The van der Waals surface area contributed by atoms with Gasteiger partial charge in [-0.3, -0.25) is 10.1 Å². The van der Waals surface area contributed by atoms with Crippen LogP contribution >= 0.6 is 0 Å². The number of aromatic hydroxyl groups is 1. The highest BCUT2D eigenvalue weighted by Crippen LogP contribution is 2.32. The Kier molecular flexibility index (Phi) is 1.45. The van der Waals surface area contributed by atoms with E-state index in [0.29, 0.717) is 5.39 Å². The number of fused-ring (bicyclic) bond motifs is 1. The third kappa shape index (κ3) is 1.01. The Hall–Kier alpha value is -2.04. The van der Waals surface area contributed by atoms with Crippen LogP contribution in [0.3, 0.4) is 0 Å². The van der Waals surface area contributed by atoms with Gasteiger partial charge in [0, 0.05) is 6.07 Å². The van der Waals surface area contributed by atoms with Crippen LogP contribution in [0.25, 0.3) is 11.0 Å². The highest BCUT2D eigenvalue weighted by molar-refractivity contribution is 5.90. The minimum absolute atomic E-state index is 0.0845. The third-order valence-electron chi connectivity index (χ3n) is 1.76. The van der Waals surface area contributed by atoms with Crippen LogP contribution in [-0.2, 0) is 0 Å². The predicted molar refractivity (Wildman–Crippen MR) is 44.5 cm³/mol. The Morgan fingerprint density at radius 1 is 1.46 bits per heavy atom. The van der Waals surface area contributed by atoms with Crippen molar-refractivity contribution in [2.24, 2.45) is 0 Å². The Bertz CT molecular complexity index is 474. The van der Waals surface area contributed by atoms with Gasteiger partial charge in [0.15, 0.2) is 5.75 Å². The van der Waals surface area contributed by atoms with E-state index >= 15 is 0 Å². The second-order valence-electron chi connectivity index (χ2n) is 2.53. The normalized spacial score (nSPS) is 10.5. The molecule has 0 radical (unpaired) electrons. The molecule has 0 saturated heterocycles. The Labute approximate surface area is 72.4 Å².